The lowest BCUT2D eigenvalue weighted by Crippen LogP contribution is -2.24. The van der Waals surface area contributed by atoms with Gasteiger partial charge in [-0.2, -0.15) is 0 Å². The Morgan fingerprint density at radius 1 is 1.38 bits per heavy atom. The summed E-state index contributed by atoms with van der Waals surface area (Å²) in [7, 11) is 0. The fourth-order valence-corrected chi connectivity index (χ4v) is 2.89. The van der Waals surface area contributed by atoms with E-state index >= 15 is 0 Å². The summed E-state index contributed by atoms with van der Waals surface area (Å²) in [4.78, 5) is 8.60. The third-order valence-corrected chi connectivity index (χ3v) is 3.70. The molecular formula is C12H18BrN3. The quantitative estimate of drug-likeness (QED) is 0.863. The second-order valence-electron chi connectivity index (χ2n) is 4.60. The molecule has 0 amide bonds. The molecule has 0 radical (unpaired) electrons. The van der Waals surface area contributed by atoms with Crippen LogP contribution < -0.4 is 5.32 Å². The Bertz CT molecular complexity index is 341. The van der Waals surface area contributed by atoms with Gasteiger partial charge >= 0.3 is 0 Å². The Labute approximate surface area is 105 Å². The Kier molecular flexibility index (Phi) is 3.79. The standard InChI is InChI=1S/C12H18BrN3/c1-8(10-5-3-4-6-10)14-12-7-11(13)15-9(2)16-12/h7-8,10H,3-6H2,1-2H3,(H,14,15,16). The summed E-state index contributed by atoms with van der Waals surface area (Å²) in [6, 6.07) is 2.45. The molecule has 2 rings (SSSR count). The molecule has 1 fully saturated rings. The lowest BCUT2D eigenvalue weighted by molar-refractivity contribution is 0.481. The number of anilines is 1. The molecule has 3 nitrogen and oxygen atoms in total. The van der Waals surface area contributed by atoms with Gasteiger partial charge in [0.05, 0.1) is 0 Å². The van der Waals surface area contributed by atoms with E-state index in [0.717, 1.165) is 22.2 Å². The summed E-state index contributed by atoms with van der Waals surface area (Å²) in [5.41, 5.74) is 0. The van der Waals surface area contributed by atoms with E-state index < -0.39 is 0 Å². The highest BCUT2D eigenvalue weighted by Crippen LogP contribution is 2.29. The number of aryl methyl sites for hydroxylation is 1. The van der Waals surface area contributed by atoms with Crippen LogP contribution in [0.4, 0.5) is 5.82 Å². The molecule has 1 heterocycles. The van der Waals surface area contributed by atoms with Crippen LogP contribution in [-0.4, -0.2) is 16.0 Å². The molecular weight excluding hydrogens is 266 g/mol. The van der Waals surface area contributed by atoms with Gasteiger partial charge in [0.1, 0.15) is 16.2 Å². The minimum atomic E-state index is 0.503. The molecule has 16 heavy (non-hydrogen) atoms. The van der Waals surface area contributed by atoms with Crippen LogP contribution in [0.15, 0.2) is 10.7 Å². The van der Waals surface area contributed by atoms with Crippen molar-refractivity contribution in [3.8, 4) is 0 Å². The largest absolute Gasteiger partial charge is 0.367 e. The first-order valence-corrected chi connectivity index (χ1v) is 6.72. The molecule has 1 N–H and O–H groups in total. The highest BCUT2D eigenvalue weighted by Gasteiger charge is 2.21. The van der Waals surface area contributed by atoms with Crippen molar-refractivity contribution in [2.75, 3.05) is 5.32 Å². The van der Waals surface area contributed by atoms with Gasteiger partial charge in [0, 0.05) is 12.1 Å². The van der Waals surface area contributed by atoms with E-state index in [0.29, 0.717) is 6.04 Å². The molecule has 0 aliphatic heterocycles. The topological polar surface area (TPSA) is 37.8 Å². The molecule has 0 spiro atoms. The predicted molar refractivity (Wildman–Crippen MR) is 69.5 cm³/mol. The van der Waals surface area contributed by atoms with Crippen molar-refractivity contribution in [3.63, 3.8) is 0 Å². The fourth-order valence-electron chi connectivity index (χ4n) is 2.41. The van der Waals surface area contributed by atoms with Crippen LogP contribution in [0.5, 0.6) is 0 Å². The van der Waals surface area contributed by atoms with Gasteiger partial charge in [-0.15, -0.1) is 0 Å². The van der Waals surface area contributed by atoms with Crippen LogP contribution >= 0.6 is 15.9 Å². The van der Waals surface area contributed by atoms with E-state index in [1.165, 1.54) is 25.7 Å². The Hall–Kier alpha value is -0.640. The zero-order valence-corrected chi connectivity index (χ0v) is 11.4. The number of rotatable bonds is 3. The van der Waals surface area contributed by atoms with E-state index in [9.17, 15) is 0 Å². The van der Waals surface area contributed by atoms with Crippen molar-refractivity contribution in [2.24, 2.45) is 5.92 Å². The molecule has 1 aliphatic rings. The van der Waals surface area contributed by atoms with Crippen molar-refractivity contribution in [1.82, 2.24) is 9.97 Å². The summed E-state index contributed by atoms with van der Waals surface area (Å²) in [5, 5.41) is 3.48. The summed E-state index contributed by atoms with van der Waals surface area (Å²) in [5.74, 6) is 2.53. The van der Waals surface area contributed by atoms with E-state index in [2.05, 4.69) is 38.1 Å². The van der Waals surface area contributed by atoms with Gasteiger partial charge in [-0.05, 0) is 48.5 Å². The highest BCUT2D eigenvalue weighted by molar-refractivity contribution is 9.10. The van der Waals surface area contributed by atoms with Crippen molar-refractivity contribution in [1.29, 1.82) is 0 Å². The zero-order chi connectivity index (χ0) is 11.5. The average molecular weight is 284 g/mol. The van der Waals surface area contributed by atoms with Crippen LogP contribution in [0.2, 0.25) is 0 Å². The van der Waals surface area contributed by atoms with Gasteiger partial charge in [0.15, 0.2) is 0 Å². The SMILES string of the molecule is Cc1nc(Br)cc(NC(C)C2CCCC2)n1. The first-order valence-electron chi connectivity index (χ1n) is 5.93. The average Bonchev–Trinajstić information content (AvgIpc) is 2.68. The number of hydrogen-bond acceptors (Lipinski definition) is 3. The Morgan fingerprint density at radius 3 is 2.69 bits per heavy atom. The third-order valence-electron chi connectivity index (χ3n) is 3.29. The lowest BCUT2D eigenvalue weighted by Gasteiger charge is -2.21. The first kappa shape index (κ1) is 11.8. The molecule has 0 aromatic carbocycles. The van der Waals surface area contributed by atoms with Gasteiger partial charge in [-0.25, -0.2) is 9.97 Å². The zero-order valence-electron chi connectivity index (χ0n) is 9.83. The second-order valence-corrected chi connectivity index (χ2v) is 5.41. The summed E-state index contributed by atoms with van der Waals surface area (Å²) in [6.07, 6.45) is 5.45. The Balaban J connectivity index is 2.02. The molecule has 1 aromatic heterocycles. The minimum Gasteiger partial charge on any atom is -0.367 e. The van der Waals surface area contributed by atoms with Crippen LogP contribution in [0.3, 0.4) is 0 Å². The molecule has 1 aromatic rings. The van der Waals surface area contributed by atoms with E-state index in [1.54, 1.807) is 0 Å². The highest BCUT2D eigenvalue weighted by atomic mass is 79.9. The number of nitrogens with zero attached hydrogens (tertiary/aromatic N) is 2. The molecule has 88 valence electrons. The van der Waals surface area contributed by atoms with Gasteiger partial charge in [0.2, 0.25) is 0 Å². The van der Waals surface area contributed by atoms with Gasteiger partial charge in [-0.1, -0.05) is 12.8 Å². The molecule has 0 saturated heterocycles. The first-order chi connectivity index (χ1) is 7.65. The second kappa shape index (κ2) is 5.13. The van der Waals surface area contributed by atoms with Crippen molar-refractivity contribution < 1.29 is 0 Å². The normalized spacial score (nSPS) is 18.7. The molecule has 0 bridgehead atoms. The molecule has 1 saturated carbocycles. The number of nitrogens with one attached hydrogen (secondary N) is 1. The van der Waals surface area contributed by atoms with Gasteiger partial charge in [0.25, 0.3) is 0 Å². The van der Waals surface area contributed by atoms with E-state index in [4.69, 9.17) is 0 Å². The summed E-state index contributed by atoms with van der Waals surface area (Å²) >= 11 is 3.40. The Morgan fingerprint density at radius 2 is 2.06 bits per heavy atom. The van der Waals surface area contributed by atoms with Crippen molar-refractivity contribution in [2.45, 2.75) is 45.6 Å². The summed E-state index contributed by atoms with van der Waals surface area (Å²) < 4.78 is 0.848. The van der Waals surface area contributed by atoms with Gasteiger partial charge in [-0.3, -0.25) is 0 Å². The lowest BCUT2D eigenvalue weighted by atomic mass is 10.00. The maximum atomic E-state index is 4.39. The molecule has 4 heteroatoms. The smallest absolute Gasteiger partial charge is 0.131 e. The monoisotopic (exact) mass is 283 g/mol. The number of hydrogen-bond donors (Lipinski definition) is 1. The summed E-state index contributed by atoms with van der Waals surface area (Å²) in [6.45, 7) is 4.16. The number of halogens is 1. The molecule has 1 unspecified atom stereocenters. The third kappa shape index (κ3) is 2.94. The van der Waals surface area contributed by atoms with Crippen LogP contribution in [-0.2, 0) is 0 Å². The maximum absolute atomic E-state index is 4.39. The molecule has 1 aliphatic carbocycles. The maximum Gasteiger partial charge on any atom is 0.131 e. The van der Waals surface area contributed by atoms with Crippen molar-refractivity contribution >= 4 is 21.7 Å². The molecule has 1 atom stereocenters. The van der Waals surface area contributed by atoms with Crippen molar-refractivity contribution in [3.05, 3.63) is 16.5 Å². The fraction of sp³-hybridized carbons (Fsp3) is 0.667. The van der Waals surface area contributed by atoms with E-state index in [-0.39, 0.29) is 0 Å². The van der Waals surface area contributed by atoms with E-state index in [1.807, 2.05) is 13.0 Å². The van der Waals surface area contributed by atoms with Crippen LogP contribution in [0, 0.1) is 12.8 Å². The van der Waals surface area contributed by atoms with Crippen LogP contribution in [0.25, 0.3) is 0 Å². The minimum absolute atomic E-state index is 0.503. The van der Waals surface area contributed by atoms with Crippen LogP contribution in [0.1, 0.15) is 38.4 Å². The number of aromatic nitrogens is 2. The van der Waals surface area contributed by atoms with Gasteiger partial charge < -0.3 is 5.32 Å². The predicted octanol–water partition coefficient (Wildman–Crippen LogP) is 3.54.